The number of ether oxygens (including phenoxy) is 1. The highest BCUT2D eigenvalue weighted by molar-refractivity contribution is 6.34. The molecule has 3 aromatic carbocycles. The Kier molecular flexibility index (Phi) is 6.50. The Labute approximate surface area is 168 Å². The van der Waals surface area contributed by atoms with Crippen LogP contribution in [0.5, 0.6) is 5.75 Å². The van der Waals surface area contributed by atoms with E-state index in [4.69, 9.17) is 16.3 Å². The van der Waals surface area contributed by atoms with Crippen molar-refractivity contribution in [1.29, 1.82) is 0 Å². The highest BCUT2D eigenvalue weighted by Crippen LogP contribution is 2.25. The predicted octanol–water partition coefficient (Wildman–Crippen LogP) is 4.65. The van der Waals surface area contributed by atoms with Gasteiger partial charge < -0.3 is 15.4 Å². The number of fused-ring (bicyclic) bond motifs is 1. The van der Waals surface area contributed by atoms with Gasteiger partial charge in [-0.05, 0) is 36.1 Å². The van der Waals surface area contributed by atoms with E-state index in [0.29, 0.717) is 35.7 Å². The van der Waals surface area contributed by atoms with E-state index in [1.165, 1.54) is 7.05 Å². The molecule has 0 radical (unpaired) electrons. The van der Waals surface area contributed by atoms with Crippen LogP contribution in [-0.2, 0) is 4.79 Å². The average molecular weight is 397 g/mol. The summed E-state index contributed by atoms with van der Waals surface area (Å²) in [5, 5.41) is 7.81. The van der Waals surface area contributed by atoms with Gasteiger partial charge in [0.15, 0.2) is 0 Å². The topological polar surface area (TPSA) is 67.4 Å². The number of rotatable bonds is 7. The van der Waals surface area contributed by atoms with Gasteiger partial charge in [-0.25, -0.2) is 0 Å². The molecular formula is C22H21ClN2O3. The smallest absolute Gasteiger partial charge is 0.252 e. The van der Waals surface area contributed by atoms with Crippen LogP contribution in [0, 0.1) is 0 Å². The van der Waals surface area contributed by atoms with Crippen LogP contribution in [0.3, 0.4) is 0 Å². The monoisotopic (exact) mass is 396 g/mol. The molecule has 144 valence electrons. The highest BCUT2D eigenvalue weighted by atomic mass is 35.5. The van der Waals surface area contributed by atoms with Crippen molar-refractivity contribution in [3.8, 4) is 5.75 Å². The van der Waals surface area contributed by atoms with Gasteiger partial charge >= 0.3 is 0 Å². The number of hydrogen-bond acceptors (Lipinski definition) is 3. The zero-order chi connectivity index (χ0) is 19.9. The second-order valence-electron chi connectivity index (χ2n) is 6.25. The molecule has 0 bridgehead atoms. The number of benzene rings is 3. The van der Waals surface area contributed by atoms with Crippen LogP contribution in [0.2, 0.25) is 5.02 Å². The largest absolute Gasteiger partial charge is 0.493 e. The van der Waals surface area contributed by atoms with Crippen molar-refractivity contribution in [2.24, 2.45) is 0 Å². The Morgan fingerprint density at radius 2 is 1.82 bits per heavy atom. The van der Waals surface area contributed by atoms with Crippen molar-refractivity contribution >= 4 is 39.9 Å². The van der Waals surface area contributed by atoms with E-state index >= 15 is 0 Å². The summed E-state index contributed by atoms with van der Waals surface area (Å²) in [7, 11) is 1.53. The minimum Gasteiger partial charge on any atom is -0.493 e. The molecule has 0 aromatic heterocycles. The third-order valence-corrected chi connectivity index (χ3v) is 4.61. The second-order valence-corrected chi connectivity index (χ2v) is 6.66. The van der Waals surface area contributed by atoms with Crippen molar-refractivity contribution in [3.63, 3.8) is 0 Å². The maximum absolute atomic E-state index is 12.2. The van der Waals surface area contributed by atoms with Crippen molar-refractivity contribution in [1.82, 2.24) is 5.32 Å². The van der Waals surface area contributed by atoms with Gasteiger partial charge in [-0.3, -0.25) is 9.59 Å². The Balaban J connectivity index is 1.52. The second kappa shape index (κ2) is 9.24. The SMILES string of the molecule is CNC(=O)c1cc(NC(=O)CCCOc2cccc3ccccc23)ccc1Cl. The van der Waals surface area contributed by atoms with Crippen molar-refractivity contribution < 1.29 is 14.3 Å². The molecule has 3 aromatic rings. The molecule has 0 fully saturated rings. The average Bonchev–Trinajstić information content (AvgIpc) is 2.72. The molecule has 5 nitrogen and oxygen atoms in total. The minimum atomic E-state index is -0.301. The summed E-state index contributed by atoms with van der Waals surface area (Å²) < 4.78 is 5.85. The van der Waals surface area contributed by atoms with E-state index in [9.17, 15) is 9.59 Å². The van der Waals surface area contributed by atoms with Crippen LogP contribution in [0.15, 0.2) is 60.7 Å². The first-order chi connectivity index (χ1) is 13.6. The maximum atomic E-state index is 12.2. The van der Waals surface area contributed by atoms with E-state index in [0.717, 1.165) is 16.5 Å². The fourth-order valence-corrected chi connectivity index (χ4v) is 3.07. The summed E-state index contributed by atoms with van der Waals surface area (Å²) in [6.07, 6.45) is 0.883. The number of anilines is 1. The molecule has 0 aliphatic rings. The first-order valence-electron chi connectivity index (χ1n) is 9.00. The highest BCUT2D eigenvalue weighted by Gasteiger charge is 2.11. The number of hydrogen-bond donors (Lipinski definition) is 2. The van der Waals surface area contributed by atoms with Crippen LogP contribution < -0.4 is 15.4 Å². The van der Waals surface area contributed by atoms with Gasteiger partial charge in [-0.1, -0.05) is 48.0 Å². The van der Waals surface area contributed by atoms with Crippen LogP contribution in [-0.4, -0.2) is 25.5 Å². The number of halogens is 1. The zero-order valence-electron chi connectivity index (χ0n) is 15.5. The summed E-state index contributed by atoms with van der Waals surface area (Å²) in [5.41, 5.74) is 0.851. The summed E-state index contributed by atoms with van der Waals surface area (Å²) in [6.45, 7) is 0.436. The summed E-state index contributed by atoms with van der Waals surface area (Å²) in [4.78, 5) is 24.0. The van der Waals surface area contributed by atoms with Crippen molar-refractivity contribution in [2.45, 2.75) is 12.8 Å². The van der Waals surface area contributed by atoms with Crippen molar-refractivity contribution in [3.05, 3.63) is 71.2 Å². The van der Waals surface area contributed by atoms with Gasteiger partial charge in [0.1, 0.15) is 5.75 Å². The van der Waals surface area contributed by atoms with E-state index in [1.807, 2.05) is 42.5 Å². The molecule has 0 atom stereocenters. The van der Waals surface area contributed by atoms with Crippen LogP contribution in [0.25, 0.3) is 10.8 Å². The van der Waals surface area contributed by atoms with Crippen molar-refractivity contribution in [2.75, 3.05) is 19.0 Å². The molecule has 0 unspecified atom stereocenters. The molecule has 2 amide bonds. The molecular weight excluding hydrogens is 376 g/mol. The Morgan fingerprint density at radius 3 is 2.64 bits per heavy atom. The minimum absolute atomic E-state index is 0.147. The van der Waals surface area contributed by atoms with Crippen LogP contribution in [0.1, 0.15) is 23.2 Å². The Hall–Kier alpha value is -3.05. The van der Waals surface area contributed by atoms with Gasteiger partial charge in [0.25, 0.3) is 5.91 Å². The van der Waals surface area contributed by atoms with E-state index in [-0.39, 0.29) is 11.8 Å². The molecule has 28 heavy (non-hydrogen) atoms. The Morgan fingerprint density at radius 1 is 1.04 bits per heavy atom. The summed E-state index contributed by atoms with van der Waals surface area (Å²) >= 11 is 6.02. The standard InChI is InChI=1S/C22H21ClN2O3/c1-24-22(27)18-14-16(11-12-19(18)23)25-21(26)10-5-13-28-20-9-4-7-15-6-2-3-8-17(15)20/h2-4,6-9,11-12,14H,5,10,13H2,1H3,(H,24,27)(H,25,26). The number of carbonyl (C=O) groups is 2. The molecule has 0 aliphatic heterocycles. The van der Waals surface area contributed by atoms with Gasteiger partial charge in [0.05, 0.1) is 17.2 Å². The van der Waals surface area contributed by atoms with Crippen LogP contribution >= 0.6 is 11.6 Å². The van der Waals surface area contributed by atoms with E-state index in [2.05, 4.69) is 10.6 Å². The lowest BCUT2D eigenvalue weighted by molar-refractivity contribution is -0.116. The zero-order valence-corrected chi connectivity index (χ0v) is 16.3. The molecule has 0 saturated carbocycles. The molecule has 0 heterocycles. The van der Waals surface area contributed by atoms with Gasteiger partial charge in [-0.2, -0.15) is 0 Å². The number of amides is 2. The first kappa shape index (κ1) is 19.7. The lowest BCUT2D eigenvalue weighted by Gasteiger charge is -2.10. The van der Waals surface area contributed by atoms with Gasteiger partial charge in [0, 0.05) is 24.5 Å². The predicted molar refractivity (Wildman–Crippen MR) is 112 cm³/mol. The van der Waals surface area contributed by atoms with E-state index in [1.54, 1.807) is 18.2 Å². The molecule has 3 rings (SSSR count). The number of carbonyl (C=O) groups excluding carboxylic acids is 2. The van der Waals surface area contributed by atoms with Gasteiger partial charge in [-0.15, -0.1) is 0 Å². The summed E-state index contributed by atoms with van der Waals surface area (Å²) in [5.74, 6) is 0.364. The summed E-state index contributed by atoms with van der Waals surface area (Å²) in [6, 6.07) is 18.7. The molecule has 0 saturated heterocycles. The third kappa shape index (κ3) is 4.81. The van der Waals surface area contributed by atoms with E-state index < -0.39 is 0 Å². The lowest BCUT2D eigenvalue weighted by atomic mass is 10.1. The third-order valence-electron chi connectivity index (χ3n) is 4.28. The molecule has 6 heteroatoms. The number of nitrogens with one attached hydrogen (secondary N) is 2. The Bertz CT molecular complexity index is 999. The first-order valence-corrected chi connectivity index (χ1v) is 9.38. The quantitative estimate of drug-likeness (QED) is 0.571. The fourth-order valence-electron chi connectivity index (χ4n) is 2.87. The molecule has 0 aliphatic carbocycles. The van der Waals surface area contributed by atoms with Gasteiger partial charge in [0.2, 0.25) is 5.91 Å². The van der Waals surface area contributed by atoms with Crippen LogP contribution in [0.4, 0.5) is 5.69 Å². The lowest BCUT2D eigenvalue weighted by Crippen LogP contribution is -2.19. The maximum Gasteiger partial charge on any atom is 0.252 e. The normalized spacial score (nSPS) is 10.5. The fraction of sp³-hybridized carbons (Fsp3) is 0.182. The molecule has 0 spiro atoms. The molecule has 2 N–H and O–H groups in total.